The Bertz CT molecular complexity index is 1480. The predicted octanol–water partition coefficient (Wildman–Crippen LogP) is 1.91. The minimum Gasteiger partial charge on any atom is -0.425 e. The summed E-state index contributed by atoms with van der Waals surface area (Å²) in [6.45, 7) is 4.80. The van der Waals surface area contributed by atoms with E-state index >= 15 is 0 Å². The van der Waals surface area contributed by atoms with Crippen LogP contribution >= 0.6 is 0 Å². The number of aromatic nitrogens is 2. The number of rotatable bonds is 12. The molecule has 0 spiro atoms. The van der Waals surface area contributed by atoms with Gasteiger partial charge in [0.1, 0.15) is 12.1 Å². The molecular formula is C30H34FN5O6. The second-order valence-corrected chi connectivity index (χ2v) is 10.9. The van der Waals surface area contributed by atoms with E-state index in [1.165, 1.54) is 36.1 Å². The van der Waals surface area contributed by atoms with Crippen LogP contribution in [-0.4, -0.2) is 79.9 Å². The molecule has 12 heteroatoms. The molecule has 0 radical (unpaired) electrons. The van der Waals surface area contributed by atoms with E-state index in [1.54, 1.807) is 6.92 Å². The lowest BCUT2D eigenvalue weighted by Gasteiger charge is -2.49. The summed E-state index contributed by atoms with van der Waals surface area (Å²) in [6, 6.07) is 13.2. The first kappa shape index (κ1) is 30.7. The van der Waals surface area contributed by atoms with Crippen molar-refractivity contribution >= 4 is 23.9 Å². The van der Waals surface area contributed by atoms with Crippen LogP contribution < -0.4 is 5.32 Å². The smallest absolute Gasteiger partial charge is 0.242 e. The summed E-state index contributed by atoms with van der Waals surface area (Å²) >= 11 is 0. The fourth-order valence-electron chi connectivity index (χ4n) is 5.03. The average Bonchev–Trinajstić information content (AvgIpc) is 3.42. The first-order valence-corrected chi connectivity index (χ1v) is 13.5. The largest absolute Gasteiger partial charge is 0.425 e. The third-order valence-electron chi connectivity index (χ3n) is 7.79. The van der Waals surface area contributed by atoms with Gasteiger partial charge in [0.05, 0.1) is 37.5 Å². The molecule has 2 aromatic carbocycles. The van der Waals surface area contributed by atoms with Crippen molar-refractivity contribution in [2.45, 2.75) is 57.8 Å². The second kappa shape index (κ2) is 12.3. The van der Waals surface area contributed by atoms with E-state index in [0.29, 0.717) is 24.2 Å². The van der Waals surface area contributed by atoms with E-state index < -0.39 is 47.1 Å². The number of nitrogens with one attached hydrogen (secondary N) is 1. The number of aryl methyl sites for hydroxylation is 1. The maximum atomic E-state index is 13.7. The Balaban J connectivity index is 1.74. The van der Waals surface area contributed by atoms with Crippen LogP contribution in [0.25, 0.3) is 0 Å². The van der Waals surface area contributed by atoms with Crippen LogP contribution in [0.2, 0.25) is 0 Å². The molecule has 2 N–H and O–H groups in total. The fraction of sp³-hybridized carbons (Fsp3) is 0.400. The molecule has 3 aromatic rings. The van der Waals surface area contributed by atoms with Crippen molar-refractivity contribution in [3.63, 3.8) is 0 Å². The molecule has 42 heavy (non-hydrogen) atoms. The van der Waals surface area contributed by atoms with Crippen molar-refractivity contribution in [1.82, 2.24) is 25.3 Å². The van der Waals surface area contributed by atoms with Gasteiger partial charge in [-0.2, -0.15) is 0 Å². The van der Waals surface area contributed by atoms with Crippen LogP contribution in [-0.2, 0) is 32.1 Å². The first-order valence-electron chi connectivity index (χ1n) is 13.5. The molecule has 1 aromatic heterocycles. The molecule has 3 atom stereocenters. The minimum atomic E-state index is -2.43. The van der Waals surface area contributed by atoms with Crippen molar-refractivity contribution in [2.24, 2.45) is 0 Å². The number of halogens is 1. The fourth-order valence-corrected chi connectivity index (χ4v) is 5.03. The lowest BCUT2D eigenvalue weighted by Crippen LogP contribution is -2.69. The lowest BCUT2D eigenvalue weighted by molar-refractivity contribution is -0.189. The maximum absolute atomic E-state index is 13.7. The zero-order chi connectivity index (χ0) is 30.7. The van der Waals surface area contributed by atoms with Gasteiger partial charge in [-0.3, -0.25) is 19.3 Å². The lowest BCUT2D eigenvalue weighted by atomic mass is 9.83. The Labute approximate surface area is 242 Å². The number of ketones is 1. The number of carbonyl (C=O) groups is 4. The molecule has 2 heterocycles. The Hall–Kier alpha value is -4.29. The van der Waals surface area contributed by atoms with E-state index in [1.807, 2.05) is 31.2 Å². The SMILES string of the molecule is CC(=O)C(O)(CN1CC(=O)NCC1=O)N(Cc1ccc(F)cc1)[C@](C)(C=O)C(C)c1nnc(Cc2cccc(C)c2)o1. The molecule has 11 nitrogen and oxygen atoms in total. The predicted molar refractivity (Wildman–Crippen MR) is 148 cm³/mol. The summed E-state index contributed by atoms with van der Waals surface area (Å²) < 4.78 is 19.7. The van der Waals surface area contributed by atoms with Gasteiger partial charge in [0.15, 0.2) is 11.5 Å². The highest BCUT2D eigenvalue weighted by molar-refractivity contribution is 5.93. The van der Waals surface area contributed by atoms with Gasteiger partial charge in [-0.25, -0.2) is 4.39 Å². The third-order valence-corrected chi connectivity index (χ3v) is 7.79. The number of aldehydes is 1. The van der Waals surface area contributed by atoms with Crippen molar-refractivity contribution in [2.75, 3.05) is 19.6 Å². The number of carbonyl (C=O) groups excluding carboxylic acids is 4. The highest BCUT2D eigenvalue weighted by atomic mass is 19.1. The summed E-state index contributed by atoms with van der Waals surface area (Å²) in [6.07, 6.45) is 0.930. The van der Waals surface area contributed by atoms with Gasteiger partial charge in [0.25, 0.3) is 0 Å². The molecule has 1 aliphatic heterocycles. The standard InChI is InChI=1S/C30H34FN5O6/c1-19-6-5-7-23(12-19)13-26-33-34-28(42-26)20(2)29(4,18-37)36(15-22-8-10-24(31)11-9-22)30(41,21(3)38)17-35-16-25(39)32-14-27(35)40/h5-12,18,20,41H,13-17H2,1-4H3,(H,32,39)/t20?,29-,30?/m1/s1. The van der Waals surface area contributed by atoms with Crippen LogP contribution in [0.15, 0.2) is 52.9 Å². The summed E-state index contributed by atoms with van der Waals surface area (Å²) in [7, 11) is 0. The third kappa shape index (κ3) is 6.44. The molecule has 0 bridgehead atoms. The van der Waals surface area contributed by atoms with Gasteiger partial charge < -0.3 is 24.5 Å². The summed E-state index contributed by atoms with van der Waals surface area (Å²) in [4.78, 5) is 53.2. The molecule has 222 valence electrons. The number of Topliss-reactive ketones (excluding diaryl/α,β-unsaturated/α-hetero) is 1. The van der Waals surface area contributed by atoms with Crippen molar-refractivity contribution < 1.29 is 33.1 Å². The molecule has 0 aliphatic carbocycles. The number of amides is 2. The monoisotopic (exact) mass is 579 g/mol. The van der Waals surface area contributed by atoms with Crippen LogP contribution in [0.4, 0.5) is 4.39 Å². The first-order chi connectivity index (χ1) is 19.9. The van der Waals surface area contributed by atoms with Crippen molar-refractivity contribution in [3.05, 3.63) is 82.8 Å². The van der Waals surface area contributed by atoms with Crippen molar-refractivity contribution in [1.29, 1.82) is 0 Å². The summed E-state index contributed by atoms with van der Waals surface area (Å²) in [5.41, 5.74) is -1.60. The number of hydrogen-bond acceptors (Lipinski definition) is 9. The molecule has 4 rings (SSSR count). The average molecular weight is 580 g/mol. The molecule has 1 aliphatic rings. The molecule has 1 saturated heterocycles. The number of nitrogens with zero attached hydrogens (tertiary/aromatic N) is 4. The van der Waals surface area contributed by atoms with E-state index in [4.69, 9.17) is 4.42 Å². The van der Waals surface area contributed by atoms with Crippen LogP contribution in [0.1, 0.15) is 55.2 Å². The minimum absolute atomic E-state index is 0.0932. The molecule has 1 fully saturated rings. The van der Waals surface area contributed by atoms with Gasteiger partial charge in [-0.05, 0) is 44.0 Å². The number of hydrogen-bond donors (Lipinski definition) is 2. The highest BCUT2D eigenvalue weighted by Crippen LogP contribution is 2.37. The Kier molecular flexibility index (Phi) is 8.97. The Morgan fingerprint density at radius 1 is 1.21 bits per heavy atom. The molecule has 2 amide bonds. The van der Waals surface area contributed by atoms with Crippen LogP contribution in [0.5, 0.6) is 0 Å². The topological polar surface area (TPSA) is 146 Å². The number of aliphatic hydroxyl groups is 1. The number of β-amino-alcohol motifs (C(OH)–C–C–N with tert-alkyl or cyclic N) is 1. The number of piperazine rings is 1. The van der Waals surface area contributed by atoms with Crippen LogP contribution in [0.3, 0.4) is 0 Å². The zero-order valence-electron chi connectivity index (χ0n) is 24.0. The highest BCUT2D eigenvalue weighted by Gasteiger charge is 2.53. The normalized spacial score (nSPS) is 17.4. The molecule has 0 saturated carbocycles. The zero-order valence-corrected chi connectivity index (χ0v) is 24.0. The second-order valence-electron chi connectivity index (χ2n) is 10.9. The van der Waals surface area contributed by atoms with Gasteiger partial charge in [-0.1, -0.05) is 48.9 Å². The summed E-state index contributed by atoms with van der Waals surface area (Å²) in [5.74, 6) is -2.67. The maximum Gasteiger partial charge on any atom is 0.242 e. The van der Waals surface area contributed by atoms with E-state index in [9.17, 15) is 28.7 Å². The Morgan fingerprint density at radius 2 is 1.93 bits per heavy atom. The van der Waals surface area contributed by atoms with Crippen molar-refractivity contribution in [3.8, 4) is 0 Å². The van der Waals surface area contributed by atoms with E-state index in [2.05, 4.69) is 15.5 Å². The molecule has 2 unspecified atom stereocenters. The number of benzene rings is 2. The van der Waals surface area contributed by atoms with Gasteiger partial charge in [0.2, 0.25) is 23.6 Å². The van der Waals surface area contributed by atoms with E-state index in [-0.39, 0.29) is 25.5 Å². The quantitative estimate of drug-likeness (QED) is 0.243. The van der Waals surface area contributed by atoms with Gasteiger partial charge >= 0.3 is 0 Å². The van der Waals surface area contributed by atoms with Gasteiger partial charge in [0, 0.05) is 6.54 Å². The summed E-state index contributed by atoms with van der Waals surface area (Å²) in [5, 5.41) is 22.8. The van der Waals surface area contributed by atoms with Crippen LogP contribution in [0, 0.1) is 12.7 Å². The Morgan fingerprint density at radius 3 is 2.57 bits per heavy atom. The van der Waals surface area contributed by atoms with E-state index in [0.717, 1.165) is 23.0 Å². The molecular weight excluding hydrogens is 545 g/mol. The van der Waals surface area contributed by atoms with Gasteiger partial charge in [-0.15, -0.1) is 10.2 Å².